The number of esters is 1. The van der Waals surface area contributed by atoms with Crippen LogP contribution in [-0.2, 0) is 29.0 Å². The molecule has 1 aliphatic heterocycles. The molecule has 3 aromatic rings. The van der Waals surface area contributed by atoms with Gasteiger partial charge in [0.15, 0.2) is 6.10 Å². The molecular weight excluding hydrogens is 398 g/mol. The Hall–Kier alpha value is -3.68. The molecule has 2 aromatic carbocycles. The van der Waals surface area contributed by atoms with E-state index < -0.39 is 18.0 Å². The van der Waals surface area contributed by atoms with Crippen molar-refractivity contribution < 1.29 is 19.1 Å². The van der Waals surface area contributed by atoms with Crippen molar-refractivity contribution in [3.8, 4) is 5.75 Å². The smallest absolute Gasteiger partial charge is 0.338 e. The quantitative estimate of drug-likeness (QED) is 0.613. The first-order valence-corrected chi connectivity index (χ1v) is 10.1. The summed E-state index contributed by atoms with van der Waals surface area (Å²) in [6.07, 6.45) is 0.655. The summed E-state index contributed by atoms with van der Waals surface area (Å²) in [6.45, 7) is 2.49. The van der Waals surface area contributed by atoms with Crippen molar-refractivity contribution in [2.75, 3.05) is 7.11 Å². The summed E-state index contributed by atoms with van der Waals surface area (Å²) >= 11 is 0. The molecule has 0 bridgehead atoms. The minimum absolute atomic E-state index is 0.0938. The Morgan fingerprint density at radius 2 is 1.97 bits per heavy atom. The number of ether oxygens (including phenoxy) is 2. The molecule has 0 unspecified atom stereocenters. The third kappa shape index (κ3) is 4.28. The minimum atomic E-state index is -0.972. The molecule has 0 aliphatic carbocycles. The zero-order chi connectivity index (χ0) is 22.0. The molecule has 0 saturated carbocycles. The Labute approximate surface area is 178 Å². The molecule has 160 valence electrons. The average molecular weight is 421 g/mol. The maximum absolute atomic E-state index is 12.5. The Morgan fingerprint density at radius 3 is 2.71 bits per heavy atom. The molecule has 8 nitrogen and oxygen atoms in total. The van der Waals surface area contributed by atoms with Gasteiger partial charge in [-0.1, -0.05) is 12.1 Å². The van der Waals surface area contributed by atoms with Gasteiger partial charge in [-0.3, -0.25) is 14.2 Å². The summed E-state index contributed by atoms with van der Waals surface area (Å²) in [5.74, 6) is 0.416. The van der Waals surface area contributed by atoms with E-state index in [9.17, 15) is 14.4 Å². The Balaban J connectivity index is 1.41. The Morgan fingerprint density at radius 1 is 1.19 bits per heavy atom. The molecule has 1 aliphatic rings. The van der Waals surface area contributed by atoms with E-state index in [1.165, 1.54) is 13.0 Å². The van der Waals surface area contributed by atoms with E-state index >= 15 is 0 Å². The van der Waals surface area contributed by atoms with Crippen LogP contribution >= 0.6 is 0 Å². The molecule has 0 spiro atoms. The zero-order valence-electron chi connectivity index (χ0n) is 17.4. The number of hydrogen-bond acceptors (Lipinski definition) is 6. The summed E-state index contributed by atoms with van der Waals surface area (Å²) in [5, 5.41) is 3.21. The highest BCUT2D eigenvalue weighted by molar-refractivity contribution is 5.95. The minimum Gasteiger partial charge on any atom is -0.497 e. The van der Waals surface area contributed by atoms with Crippen LogP contribution in [0.25, 0.3) is 10.9 Å². The van der Waals surface area contributed by atoms with Gasteiger partial charge in [0, 0.05) is 19.5 Å². The van der Waals surface area contributed by atoms with Gasteiger partial charge in [-0.25, -0.2) is 9.78 Å². The first kappa shape index (κ1) is 20.6. The van der Waals surface area contributed by atoms with Crippen LogP contribution in [0.2, 0.25) is 0 Å². The fourth-order valence-electron chi connectivity index (χ4n) is 3.57. The predicted octanol–water partition coefficient (Wildman–Crippen LogP) is 2.21. The van der Waals surface area contributed by atoms with E-state index in [1.54, 1.807) is 35.9 Å². The molecule has 1 amide bonds. The highest BCUT2D eigenvalue weighted by atomic mass is 16.5. The Kier molecular flexibility index (Phi) is 5.70. The number of benzene rings is 2. The molecule has 2 heterocycles. The number of aryl methyl sites for hydroxylation is 1. The number of carbonyl (C=O) groups is 2. The van der Waals surface area contributed by atoms with E-state index in [0.717, 1.165) is 30.0 Å². The van der Waals surface area contributed by atoms with E-state index in [1.807, 2.05) is 12.1 Å². The van der Waals surface area contributed by atoms with Gasteiger partial charge in [0.25, 0.3) is 11.5 Å². The van der Waals surface area contributed by atoms with E-state index in [0.29, 0.717) is 24.0 Å². The molecular formula is C23H23N3O5. The fourth-order valence-corrected chi connectivity index (χ4v) is 3.57. The maximum Gasteiger partial charge on any atom is 0.338 e. The van der Waals surface area contributed by atoms with Gasteiger partial charge in [0.05, 0.1) is 23.6 Å². The van der Waals surface area contributed by atoms with Gasteiger partial charge in [0.2, 0.25) is 0 Å². The molecule has 4 rings (SSSR count). The van der Waals surface area contributed by atoms with Gasteiger partial charge < -0.3 is 14.8 Å². The lowest BCUT2D eigenvalue weighted by atomic mass is 10.1. The molecule has 0 fully saturated rings. The summed E-state index contributed by atoms with van der Waals surface area (Å²) in [5.41, 5.74) is 1.51. The van der Waals surface area contributed by atoms with Crippen LogP contribution in [-0.4, -0.2) is 34.6 Å². The number of hydrogen-bond donors (Lipinski definition) is 1. The summed E-state index contributed by atoms with van der Waals surface area (Å²) in [7, 11) is 1.59. The van der Waals surface area contributed by atoms with Crippen molar-refractivity contribution in [2.45, 2.75) is 39.0 Å². The Bertz CT molecular complexity index is 1200. The molecule has 0 saturated heterocycles. The average Bonchev–Trinajstić information content (AvgIpc) is 3.26. The van der Waals surface area contributed by atoms with Gasteiger partial charge >= 0.3 is 5.97 Å². The lowest BCUT2D eigenvalue weighted by Gasteiger charge is -2.14. The standard InChI is InChI=1S/C23H23N3O5/c1-14(21(27)24-13-15-5-8-17(30-2)9-6-15)31-23(29)16-7-10-18-19(12-16)25-20-4-3-11-26(20)22(18)28/h5-10,12,14H,3-4,11,13H2,1-2H3,(H,24,27)/t14-/m1/s1. The van der Waals surface area contributed by atoms with Crippen LogP contribution in [0.3, 0.4) is 0 Å². The number of amides is 1. The fraction of sp³-hybridized carbons (Fsp3) is 0.304. The molecule has 1 atom stereocenters. The normalized spacial score (nSPS) is 13.5. The summed E-state index contributed by atoms with van der Waals surface area (Å²) in [6, 6.07) is 12.0. The number of rotatable bonds is 6. The van der Waals surface area contributed by atoms with Crippen LogP contribution in [0.4, 0.5) is 0 Å². The molecule has 31 heavy (non-hydrogen) atoms. The molecule has 8 heteroatoms. The lowest BCUT2D eigenvalue weighted by Crippen LogP contribution is -2.35. The van der Waals surface area contributed by atoms with Crippen molar-refractivity contribution in [1.82, 2.24) is 14.9 Å². The van der Waals surface area contributed by atoms with Crippen LogP contribution < -0.4 is 15.6 Å². The highest BCUT2D eigenvalue weighted by Gasteiger charge is 2.21. The van der Waals surface area contributed by atoms with Crippen molar-refractivity contribution in [2.24, 2.45) is 0 Å². The third-order valence-corrected chi connectivity index (χ3v) is 5.33. The second kappa shape index (κ2) is 8.59. The molecule has 0 radical (unpaired) electrons. The first-order chi connectivity index (χ1) is 15.0. The van der Waals surface area contributed by atoms with Crippen LogP contribution in [0.1, 0.15) is 35.1 Å². The van der Waals surface area contributed by atoms with Crippen molar-refractivity contribution in [1.29, 1.82) is 0 Å². The topological polar surface area (TPSA) is 99.5 Å². The van der Waals surface area contributed by atoms with Crippen molar-refractivity contribution in [3.63, 3.8) is 0 Å². The van der Waals surface area contributed by atoms with Gasteiger partial charge in [-0.05, 0) is 49.2 Å². The summed E-state index contributed by atoms with van der Waals surface area (Å²) < 4.78 is 12.1. The van der Waals surface area contributed by atoms with Crippen molar-refractivity contribution in [3.05, 3.63) is 69.8 Å². The van der Waals surface area contributed by atoms with E-state index in [4.69, 9.17) is 9.47 Å². The number of carbonyl (C=O) groups excluding carboxylic acids is 2. The van der Waals surface area contributed by atoms with E-state index in [-0.39, 0.29) is 11.1 Å². The van der Waals surface area contributed by atoms with Crippen LogP contribution in [0, 0.1) is 0 Å². The van der Waals surface area contributed by atoms with Crippen LogP contribution in [0.5, 0.6) is 5.75 Å². The van der Waals surface area contributed by atoms with Gasteiger partial charge in [0.1, 0.15) is 11.6 Å². The second-order valence-corrected chi connectivity index (χ2v) is 7.43. The summed E-state index contributed by atoms with van der Waals surface area (Å²) in [4.78, 5) is 41.9. The molecule has 1 aromatic heterocycles. The number of methoxy groups -OCH3 is 1. The predicted molar refractivity (Wildman–Crippen MR) is 114 cm³/mol. The number of fused-ring (bicyclic) bond motifs is 2. The van der Waals surface area contributed by atoms with E-state index in [2.05, 4.69) is 10.3 Å². The van der Waals surface area contributed by atoms with Crippen molar-refractivity contribution >= 4 is 22.8 Å². The number of nitrogens with one attached hydrogen (secondary N) is 1. The number of aromatic nitrogens is 2. The van der Waals surface area contributed by atoms with Gasteiger partial charge in [-0.2, -0.15) is 0 Å². The van der Waals surface area contributed by atoms with Gasteiger partial charge in [-0.15, -0.1) is 0 Å². The second-order valence-electron chi connectivity index (χ2n) is 7.43. The number of nitrogens with zero attached hydrogens (tertiary/aromatic N) is 2. The molecule has 1 N–H and O–H groups in total. The van der Waals surface area contributed by atoms with Crippen LogP contribution in [0.15, 0.2) is 47.3 Å². The maximum atomic E-state index is 12.5. The largest absolute Gasteiger partial charge is 0.497 e. The monoisotopic (exact) mass is 421 g/mol. The third-order valence-electron chi connectivity index (χ3n) is 5.33. The highest BCUT2D eigenvalue weighted by Crippen LogP contribution is 2.17. The SMILES string of the molecule is COc1ccc(CNC(=O)[C@@H](C)OC(=O)c2ccc3c(=O)n4c(nc3c2)CCC4)cc1. The first-order valence-electron chi connectivity index (χ1n) is 10.1. The lowest BCUT2D eigenvalue weighted by molar-refractivity contribution is -0.129. The zero-order valence-corrected chi connectivity index (χ0v) is 17.4.